The van der Waals surface area contributed by atoms with Crippen LogP contribution in [0.15, 0.2) is 33.2 Å². The van der Waals surface area contributed by atoms with Gasteiger partial charge >= 0.3 is 0 Å². The number of hydrogen-bond acceptors (Lipinski definition) is 1. The summed E-state index contributed by atoms with van der Waals surface area (Å²) in [6, 6.07) is 7.96. The SMILES string of the molecule is Brc1cccc(Br)c1.CCC(=O)CC. The first-order valence-electron chi connectivity index (χ1n) is 4.52. The van der Waals surface area contributed by atoms with Crippen LogP contribution in [0.2, 0.25) is 0 Å². The standard InChI is InChI=1S/C6H4Br2.C5H10O/c7-5-2-1-3-6(8)4-5;1-3-5(6)4-2/h1-4H;3-4H2,1-2H3. The topological polar surface area (TPSA) is 17.1 Å². The van der Waals surface area contributed by atoms with E-state index in [2.05, 4.69) is 31.9 Å². The highest BCUT2D eigenvalue weighted by Gasteiger charge is 1.86. The molecular weight excluding hydrogens is 308 g/mol. The number of hydrogen-bond donors (Lipinski definition) is 0. The maximum Gasteiger partial charge on any atom is 0.132 e. The van der Waals surface area contributed by atoms with Gasteiger partial charge in [-0.3, -0.25) is 4.79 Å². The van der Waals surface area contributed by atoms with Crippen molar-refractivity contribution in [2.45, 2.75) is 26.7 Å². The second kappa shape index (κ2) is 8.18. The highest BCUT2D eigenvalue weighted by molar-refractivity contribution is 9.11. The lowest BCUT2D eigenvalue weighted by Gasteiger charge is -1.87. The molecule has 0 heterocycles. The number of benzene rings is 1. The van der Waals surface area contributed by atoms with Crippen molar-refractivity contribution in [3.63, 3.8) is 0 Å². The molecular formula is C11H14Br2O. The zero-order chi connectivity index (χ0) is 11.0. The zero-order valence-corrected chi connectivity index (χ0v) is 11.6. The predicted molar refractivity (Wildman–Crippen MR) is 67.4 cm³/mol. The average molecular weight is 322 g/mol. The molecule has 0 unspecified atom stereocenters. The monoisotopic (exact) mass is 320 g/mol. The molecule has 0 aliphatic heterocycles. The first-order valence-corrected chi connectivity index (χ1v) is 6.11. The molecule has 0 bridgehead atoms. The van der Waals surface area contributed by atoms with Crippen molar-refractivity contribution in [3.8, 4) is 0 Å². The van der Waals surface area contributed by atoms with Crippen LogP contribution < -0.4 is 0 Å². The fourth-order valence-electron chi connectivity index (χ4n) is 0.710. The van der Waals surface area contributed by atoms with E-state index in [4.69, 9.17) is 0 Å². The molecule has 78 valence electrons. The van der Waals surface area contributed by atoms with Crippen molar-refractivity contribution in [2.75, 3.05) is 0 Å². The number of carbonyl (C=O) groups is 1. The second-order valence-corrected chi connectivity index (χ2v) is 4.52. The molecule has 0 N–H and O–H groups in total. The van der Waals surface area contributed by atoms with Gasteiger partial charge in [-0.25, -0.2) is 0 Å². The highest BCUT2D eigenvalue weighted by Crippen LogP contribution is 2.15. The molecule has 0 atom stereocenters. The molecule has 3 heteroatoms. The molecule has 1 aromatic rings. The second-order valence-electron chi connectivity index (χ2n) is 2.69. The Bertz CT molecular complexity index is 261. The van der Waals surface area contributed by atoms with Crippen LogP contribution in [-0.4, -0.2) is 5.78 Å². The number of halogens is 2. The van der Waals surface area contributed by atoms with Crippen molar-refractivity contribution in [2.24, 2.45) is 0 Å². The summed E-state index contributed by atoms with van der Waals surface area (Å²) in [6.45, 7) is 3.76. The first-order chi connectivity index (χ1) is 6.60. The third-order valence-corrected chi connectivity index (χ3v) is 2.56. The van der Waals surface area contributed by atoms with Gasteiger partial charge in [0.1, 0.15) is 5.78 Å². The fraction of sp³-hybridized carbons (Fsp3) is 0.364. The Kier molecular flexibility index (Phi) is 8.09. The Morgan fingerprint density at radius 2 is 1.57 bits per heavy atom. The van der Waals surface area contributed by atoms with Crippen LogP contribution in [0.1, 0.15) is 26.7 Å². The van der Waals surface area contributed by atoms with E-state index in [0.29, 0.717) is 18.6 Å². The summed E-state index contributed by atoms with van der Waals surface area (Å²) in [7, 11) is 0. The number of carbonyl (C=O) groups excluding carboxylic acids is 1. The van der Waals surface area contributed by atoms with E-state index in [1.165, 1.54) is 0 Å². The van der Waals surface area contributed by atoms with Crippen molar-refractivity contribution in [1.29, 1.82) is 0 Å². The average Bonchev–Trinajstić information content (AvgIpc) is 2.17. The summed E-state index contributed by atoms with van der Waals surface area (Å²) in [5, 5.41) is 0. The Morgan fingerprint density at radius 1 is 1.14 bits per heavy atom. The molecule has 1 rings (SSSR count). The first kappa shape index (κ1) is 13.8. The van der Waals surface area contributed by atoms with Gasteiger partial charge in [-0.15, -0.1) is 0 Å². The normalized spacial score (nSPS) is 8.86. The molecule has 14 heavy (non-hydrogen) atoms. The van der Waals surface area contributed by atoms with Gasteiger partial charge < -0.3 is 0 Å². The molecule has 0 aliphatic rings. The van der Waals surface area contributed by atoms with E-state index in [9.17, 15) is 4.79 Å². The van der Waals surface area contributed by atoms with E-state index < -0.39 is 0 Å². The van der Waals surface area contributed by atoms with Crippen LogP contribution in [0.25, 0.3) is 0 Å². The smallest absolute Gasteiger partial charge is 0.132 e. The predicted octanol–water partition coefficient (Wildman–Crippen LogP) is 4.59. The van der Waals surface area contributed by atoms with E-state index in [1.54, 1.807) is 0 Å². The zero-order valence-electron chi connectivity index (χ0n) is 8.39. The summed E-state index contributed by atoms with van der Waals surface area (Å²) in [4.78, 5) is 10.2. The van der Waals surface area contributed by atoms with Crippen LogP contribution in [0.5, 0.6) is 0 Å². The lowest BCUT2D eigenvalue weighted by atomic mass is 10.3. The van der Waals surface area contributed by atoms with Crippen molar-refractivity contribution >= 4 is 37.6 Å². The van der Waals surface area contributed by atoms with Gasteiger partial charge in [-0.2, -0.15) is 0 Å². The van der Waals surface area contributed by atoms with E-state index in [1.807, 2.05) is 38.1 Å². The lowest BCUT2D eigenvalue weighted by molar-refractivity contribution is -0.118. The van der Waals surface area contributed by atoms with Crippen LogP contribution in [-0.2, 0) is 4.79 Å². The van der Waals surface area contributed by atoms with E-state index in [0.717, 1.165) is 8.95 Å². The van der Waals surface area contributed by atoms with Crippen molar-refractivity contribution in [1.82, 2.24) is 0 Å². The quantitative estimate of drug-likeness (QED) is 0.778. The van der Waals surface area contributed by atoms with Gasteiger partial charge in [-0.05, 0) is 18.2 Å². The maximum atomic E-state index is 10.2. The Hall–Kier alpha value is -0.150. The van der Waals surface area contributed by atoms with Gasteiger partial charge in [-0.1, -0.05) is 51.8 Å². The molecule has 0 saturated heterocycles. The molecule has 0 radical (unpaired) electrons. The third-order valence-electron chi connectivity index (χ3n) is 1.58. The molecule has 1 nitrogen and oxygen atoms in total. The molecule has 1 aromatic carbocycles. The van der Waals surface area contributed by atoms with Gasteiger partial charge in [0.15, 0.2) is 0 Å². The Balaban J connectivity index is 0.000000255. The summed E-state index contributed by atoms with van der Waals surface area (Å²) in [5.41, 5.74) is 0. The van der Waals surface area contributed by atoms with Gasteiger partial charge in [0.2, 0.25) is 0 Å². The molecule has 0 aromatic heterocycles. The summed E-state index contributed by atoms with van der Waals surface area (Å²) in [5.74, 6) is 0.343. The van der Waals surface area contributed by atoms with Crippen LogP contribution in [0.4, 0.5) is 0 Å². The van der Waals surface area contributed by atoms with Crippen LogP contribution >= 0.6 is 31.9 Å². The summed E-state index contributed by atoms with van der Waals surface area (Å²) >= 11 is 6.66. The number of Topliss-reactive ketones (excluding diaryl/α,β-unsaturated/α-hetero) is 1. The number of ketones is 1. The van der Waals surface area contributed by atoms with Gasteiger partial charge in [0.25, 0.3) is 0 Å². The minimum absolute atomic E-state index is 0.343. The maximum absolute atomic E-state index is 10.2. The number of rotatable bonds is 2. The van der Waals surface area contributed by atoms with Crippen molar-refractivity contribution < 1.29 is 4.79 Å². The van der Waals surface area contributed by atoms with E-state index in [-0.39, 0.29) is 0 Å². The molecule has 0 spiro atoms. The van der Waals surface area contributed by atoms with Crippen LogP contribution in [0.3, 0.4) is 0 Å². The van der Waals surface area contributed by atoms with Crippen LogP contribution in [0, 0.1) is 0 Å². The third kappa shape index (κ3) is 7.27. The highest BCUT2D eigenvalue weighted by atomic mass is 79.9. The summed E-state index contributed by atoms with van der Waals surface area (Å²) in [6.07, 6.45) is 1.38. The minimum atomic E-state index is 0.343. The van der Waals surface area contributed by atoms with Gasteiger partial charge in [0.05, 0.1) is 0 Å². The Morgan fingerprint density at radius 3 is 1.71 bits per heavy atom. The molecule has 0 fully saturated rings. The lowest BCUT2D eigenvalue weighted by Crippen LogP contribution is -1.88. The molecule has 0 saturated carbocycles. The van der Waals surface area contributed by atoms with Crippen molar-refractivity contribution in [3.05, 3.63) is 33.2 Å². The van der Waals surface area contributed by atoms with Gasteiger partial charge in [0, 0.05) is 21.8 Å². The minimum Gasteiger partial charge on any atom is -0.300 e. The molecule has 0 aliphatic carbocycles. The molecule has 0 amide bonds. The fourth-order valence-corrected chi connectivity index (χ4v) is 1.82. The Labute approximate surface area is 102 Å². The largest absolute Gasteiger partial charge is 0.300 e. The summed E-state index contributed by atoms with van der Waals surface area (Å²) < 4.78 is 2.21. The van der Waals surface area contributed by atoms with E-state index >= 15 is 0 Å².